The number of nitrogens with one attached hydrogen (secondary N) is 1. The van der Waals surface area contributed by atoms with Crippen molar-refractivity contribution in [2.75, 3.05) is 17.7 Å². The van der Waals surface area contributed by atoms with Gasteiger partial charge in [0.25, 0.3) is 11.8 Å². The van der Waals surface area contributed by atoms with Gasteiger partial charge in [-0.25, -0.2) is 4.39 Å². The van der Waals surface area contributed by atoms with Crippen molar-refractivity contribution in [3.8, 4) is 5.75 Å². The van der Waals surface area contributed by atoms with Crippen molar-refractivity contribution in [2.45, 2.75) is 19.5 Å². The molecule has 3 amide bonds. The molecule has 0 saturated heterocycles. The lowest BCUT2D eigenvalue weighted by Crippen LogP contribution is -2.44. The summed E-state index contributed by atoms with van der Waals surface area (Å²) in [6.07, 6.45) is 0. The van der Waals surface area contributed by atoms with E-state index in [1.165, 1.54) is 29.2 Å². The summed E-state index contributed by atoms with van der Waals surface area (Å²) in [6, 6.07) is 18.2. The highest BCUT2D eigenvalue weighted by Gasteiger charge is 2.36. The van der Waals surface area contributed by atoms with Crippen molar-refractivity contribution in [3.05, 3.63) is 106 Å². The van der Waals surface area contributed by atoms with Crippen LogP contribution in [0.4, 0.5) is 15.8 Å². The van der Waals surface area contributed by atoms with Gasteiger partial charge >= 0.3 is 0 Å². The normalized spacial score (nSPS) is 11.5. The number of anilines is 2. The van der Waals surface area contributed by atoms with Crippen LogP contribution in [0, 0.1) is 12.7 Å². The molecule has 1 atom stereocenters. The van der Waals surface area contributed by atoms with Crippen LogP contribution in [0.25, 0.3) is 0 Å². The van der Waals surface area contributed by atoms with Crippen LogP contribution in [0.1, 0.15) is 42.9 Å². The Morgan fingerprint density at radius 1 is 1.05 bits per heavy atom. The minimum absolute atomic E-state index is 0.0536. The maximum Gasteiger partial charge on any atom is 0.273 e. The molecule has 9 nitrogen and oxygen atoms in total. The Hall–Kier alpha value is -4.77. The van der Waals surface area contributed by atoms with Gasteiger partial charge in [0.05, 0.1) is 12.8 Å². The van der Waals surface area contributed by atoms with Gasteiger partial charge in [0.1, 0.15) is 22.5 Å². The van der Waals surface area contributed by atoms with E-state index in [0.717, 1.165) is 5.56 Å². The summed E-state index contributed by atoms with van der Waals surface area (Å²) in [4.78, 5) is 40.9. The standard InChI is InChI=1S/C28H26FN5O4S/c1-16-5-3-4-6-21(16)34(28(37)25-22(30)23(26(31)35)33-39-25)24(18-9-11-19(29)12-10-18)27(36)32-15-17-7-13-20(38-2)14-8-17/h3-14,24H,15,30H2,1-2H3,(H2,31,35)(H,32,36). The number of halogens is 1. The molecule has 0 spiro atoms. The van der Waals surface area contributed by atoms with E-state index in [9.17, 15) is 18.8 Å². The summed E-state index contributed by atoms with van der Waals surface area (Å²) in [6.45, 7) is 1.95. The highest BCUT2D eigenvalue weighted by molar-refractivity contribution is 7.09. The fraction of sp³-hybridized carbons (Fsp3) is 0.143. The van der Waals surface area contributed by atoms with Crippen molar-refractivity contribution in [3.63, 3.8) is 0 Å². The number of hydrogen-bond acceptors (Lipinski definition) is 7. The Balaban J connectivity index is 1.80. The molecule has 200 valence electrons. The van der Waals surface area contributed by atoms with Gasteiger partial charge in [-0.15, -0.1) is 0 Å². The van der Waals surface area contributed by atoms with Crippen LogP contribution in [-0.4, -0.2) is 29.2 Å². The number of aryl methyl sites for hydroxylation is 1. The maximum absolute atomic E-state index is 14.1. The molecule has 1 unspecified atom stereocenters. The number of rotatable bonds is 9. The van der Waals surface area contributed by atoms with Crippen LogP contribution in [0.15, 0.2) is 72.8 Å². The number of carbonyl (C=O) groups excluding carboxylic acids is 3. The fourth-order valence-electron chi connectivity index (χ4n) is 4.03. The molecule has 4 rings (SSSR count). The van der Waals surface area contributed by atoms with Crippen molar-refractivity contribution < 1.29 is 23.5 Å². The molecule has 0 radical (unpaired) electrons. The number of nitrogens with two attached hydrogens (primary N) is 2. The Morgan fingerprint density at radius 2 is 1.72 bits per heavy atom. The molecule has 3 aromatic carbocycles. The summed E-state index contributed by atoms with van der Waals surface area (Å²) in [5.74, 6) is -1.89. The first kappa shape index (κ1) is 27.3. The van der Waals surface area contributed by atoms with Gasteiger partial charge in [-0.2, -0.15) is 4.37 Å². The van der Waals surface area contributed by atoms with Crippen LogP contribution >= 0.6 is 11.5 Å². The topological polar surface area (TPSA) is 141 Å². The highest BCUT2D eigenvalue weighted by Crippen LogP contribution is 2.34. The zero-order valence-corrected chi connectivity index (χ0v) is 22.0. The number of amides is 3. The smallest absolute Gasteiger partial charge is 0.273 e. The molecule has 0 aliphatic rings. The van der Waals surface area contributed by atoms with E-state index in [0.29, 0.717) is 34.1 Å². The molecule has 0 fully saturated rings. The lowest BCUT2D eigenvalue weighted by atomic mass is 10.0. The van der Waals surface area contributed by atoms with E-state index >= 15 is 0 Å². The molecule has 0 aliphatic carbocycles. The summed E-state index contributed by atoms with van der Waals surface area (Å²) in [7, 11) is 1.56. The number of ether oxygens (including phenoxy) is 1. The molecule has 1 aromatic heterocycles. The predicted molar refractivity (Wildman–Crippen MR) is 147 cm³/mol. The monoisotopic (exact) mass is 547 g/mol. The summed E-state index contributed by atoms with van der Waals surface area (Å²) < 4.78 is 23.0. The Morgan fingerprint density at radius 3 is 2.31 bits per heavy atom. The van der Waals surface area contributed by atoms with Crippen LogP contribution in [-0.2, 0) is 11.3 Å². The van der Waals surface area contributed by atoms with Crippen LogP contribution in [0.2, 0.25) is 0 Å². The predicted octanol–water partition coefficient (Wildman–Crippen LogP) is 3.98. The van der Waals surface area contributed by atoms with Gasteiger partial charge in [0.2, 0.25) is 5.91 Å². The number of methoxy groups -OCH3 is 1. The maximum atomic E-state index is 14.1. The highest BCUT2D eigenvalue weighted by atomic mass is 32.1. The second-order valence-electron chi connectivity index (χ2n) is 8.62. The Labute approximate surface area is 228 Å². The lowest BCUT2D eigenvalue weighted by Gasteiger charge is -2.32. The number of benzene rings is 3. The summed E-state index contributed by atoms with van der Waals surface area (Å²) >= 11 is 0.711. The number of carbonyl (C=O) groups is 3. The van der Waals surface area contributed by atoms with Gasteiger partial charge in [-0.05, 0) is 65.5 Å². The second-order valence-corrected chi connectivity index (χ2v) is 9.39. The molecule has 5 N–H and O–H groups in total. The first-order valence-electron chi connectivity index (χ1n) is 11.8. The zero-order valence-electron chi connectivity index (χ0n) is 21.2. The Kier molecular flexibility index (Phi) is 8.21. The molecule has 39 heavy (non-hydrogen) atoms. The average Bonchev–Trinajstić information content (AvgIpc) is 3.33. The minimum atomic E-state index is -1.23. The van der Waals surface area contributed by atoms with Crippen LogP contribution in [0.3, 0.4) is 0 Å². The molecular formula is C28H26FN5O4S. The molecular weight excluding hydrogens is 521 g/mol. The first-order valence-corrected chi connectivity index (χ1v) is 12.6. The molecule has 0 bridgehead atoms. The average molecular weight is 548 g/mol. The summed E-state index contributed by atoms with van der Waals surface area (Å²) in [5.41, 5.74) is 13.3. The largest absolute Gasteiger partial charge is 0.497 e. The SMILES string of the molecule is COc1ccc(CNC(=O)C(c2ccc(F)cc2)N(C(=O)c2snc(C(N)=O)c2N)c2ccccc2C)cc1. The van der Waals surface area contributed by atoms with E-state index in [1.54, 1.807) is 62.6 Å². The van der Waals surface area contributed by atoms with E-state index in [4.69, 9.17) is 16.2 Å². The van der Waals surface area contributed by atoms with E-state index in [1.807, 2.05) is 0 Å². The first-order chi connectivity index (χ1) is 18.7. The molecule has 0 saturated carbocycles. The van der Waals surface area contributed by atoms with E-state index in [-0.39, 0.29) is 22.8 Å². The van der Waals surface area contributed by atoms with Crippen molar-refractivity contribution in [1.82, 2.24) is 9.69 Å². The minimum Gasteiger partial charge on any atom is -0.497 e. The number of hydrogen-bond donors (Lipinski definition) is 3. The number of primary amides is 1. The third-order valence-electron chi connectivity index (χ3n) is 6.07. The zero-order chi connectivity index (χ0) is 28.1. The van der Waals surface area contributed by atoms with E-state index in [2.05, 4.69) is 9.69 Å². The molecule has 0 aliphatic heterocycles. The molecule has 1 heterocycles. The fourth-order valence-corrected chi connectivity index (χ4v) is 4.77. The number of para-hydroxylation sites is 1. The third-order valence-corrected chi connectivity index (χ3v) is 6.92. The van der Waals surface area contributed by atoms with Gasteiger partial charge < -0.3 is 21.5 Å². The van der Waals surface area contributed by atoms with E-state index < -0.39 is 29.6 Å². The third kappa shape index (κ3) is 5.88. The number of nitrogens with zero attached hydrogens (tertiary/aromatic N) is 2. The Bertz CT molecular complexity index is 1510. The summed E-state index contributed by atoms with van der Waals surface area (Å²) in [5, 5.41) is 2.88. The van der Waals surface area contributed by atoms with Gasteiger partial charge in [0.15, 0.2) is 5.69 Å². The van der Waals surface area contributed by atoms with Crippen molar-refractivity contribution in [1.29, 1.82) is 0 Å². The molecule has 4 aromatic rings. The van der Waals surface area contributed by atoms with Crippen molar-refractivity contribution in [2.24, 2.45) is 5.73 Å². The number of aromatic nitrogens is 1. The lowest BCUT2D eigenvalue weighted by molar-refractivity contribution is -0.122. The van der Waals surface area contributed by atoms with Gasteiger partial charge in [0, 0.05) is 12.2 Å². The second kappa shape index (κ2) is 11.7. The van der Waals surface area contributed by atoms with Gasteiger partial charge in [-0.1, -0.05) is 42.5 Å². The quantitative estimate of drug-likeness (QED) is 0.289. The van der Waals surface area contributed by atoms with Gasteiger partial charge in [-0.3, -0.25) is 19.3 Å². The van der Waals surface area contributed by atoms with Crippen molar-refractivity contribution >= 4 is 40.6 Å². The van der Waals surface area contributed by atoms with Crippen LogP contribution < -0.4 is 26.4 Å². The van der Waals surface area contributed by atoms with Crippen LogP contribution in [0.5, 0.6) is 5.75 Å². The molecule has 11 heteroatoms. The number of nitrogen functional groups attached to an aromatic ring is 1.